The van der Waals surface area contributed by atoms with E-state index in [1.807, 2.05) is 42.6 Å². The fourth-order valence-electron chi connectivity index (χ4n) is 2.31. The predicted octanol–water partition coefficient (Wildman–Crippen LogP) is 6.43. The zero-order chi connectivity index (χ0) is 20.1. The van der Waals surface area contributed by atoms with Crippen LogP contribution >= 0.6 is 46.3 Å². The zero-order valence-electron chi connectivity index (χ0n) is 14.7. The van der Waals surface area contributed by atoms with Gasteiger partial charge in [-0.1, -0.05) is 35.3 Å². The number of benzene rings is 2. The molecule has 8 heteroatoms. The van der Waals surface area contributed by atoms with E-state index in [2.05, 4.69) is 10.6 Å². The summed E-state index contributed by atoms with van der Waals surface area (Å²) in [7, 11) is 0. The summed E-state index contributed by atoms with van der Waals surface area (Å²) in [6.07, 6.45) is 0. The van der Waals surface area contributed by atoms with E-state index in [0.29, 0.717) is 26.3 Å². The molecule has 3 aromatic rings. The van der Waals surface area contributed by atoms with Crippen molar-refractivity contribution in [2.75, 3.05) is 10.6 Å². The van der Waals surface area contributed by atoms with Gasteiger partial charge in [0.15, 0.2) is 0 Å². The number of thiophene rings is 1. The molecule has 1 aromatic heterocycles. The van der Waals surface area contributed by atoms with Crippen LogP contribution in [0.2, 0.25) is 10.0 Å². The molecule has 4 nitrogen and oxygen atoms in total. The second-order valence-corrected chi connectivity index (χ2v) is 8.95. The molecule has 2 amide bonds. The fourth-order valence-corrected chi connectivity index (χ4v) is 4.14. The van der Waals surface area contributed by atoms with Gasteiger partial charge in [0.1, 0.15) is 0 Å². The Morgan fingerprint density at radius 1 is 1.00 bits per heavy atom. The van der Waals surface area contributed by atoms with Crippen molar-refractivity contribution in [2.45, 2.75) is 17.1 Å². The minimum absolute atomic E-state index is 0.137. The fraction of sp³-hybridized carbons (Fsp3) is 0.100. The summed E-state index contributed by atoms with van der Waals surface area (Å²) in [5.74, 6) is -0.314. The number of carbonyl (C=O) groups is 2. The first-order chi connectivity index (χ1) is 13.4. The number of rotatable bonds is 6. The van der Waals surface area contributed by atoms with Crippen LogP contribution in [0.25, 0.3) is 0 Å². The van der Waals surface area contributed by atoms with Crippen LogP contribution in [0, 0.1) is 0 Å². The molecule has 3 rings (SSSR count). The van der Waals surface area contributed by atoms with E-state index in [1.165, 1.54) is 23.1 Å². The maximum absolute atomic E-state index is 12.4. The van der Waals surface area contributed by atoms with Crippen LogP contribution in [0.15, 0.2) is 64.9 Å². The lowest BCUT2D eigenvalue weighted by Gasteiger charge is -2.14. The maximum atomic E-state index is 12.4. The number of hydrogen-bond donors (Lipinski definition) is 2. The standard InChI is InChI=1S/C20H16Cl2N2O2S2/c1-12(19(25)24-16-5-2-4-15(21)18(16)22)28-14-9-7-13(8-10-14)23-20(26)17-6-3-11-27-17/h2-12H,1H3,(H,23,26)(H,24,25). The van der Waals surface area contributed by atoms with Crippen molar-refractivity contribution in [3.63, 3.8) is 0 Å². The number of amides is 2. The van der Waals surface area contributed by atoms with Crippen molar-refractivity contribution in [3.8, 4) is 0 Å². The molecule has 0 saturated heterocycles. The van der Waals surface area contributed by atoms with Crippen molar-refractivity contribution in [1.29, 1.82) is 0 Å². The van der Waals surface area contributed by atoms with E-state index < -0.39 is 0 Å². The summed E-state index contributed by atoms with van der Waals surface area (Å²) in [6.45, 7) is 1.81. The molecule has 1 atom stereocenters. The highest BCUT2D eigenvalue weighted by Crippen LogP contribution is 2.31. The molecule has 0 saturated carbocycles. The Labute approximate surface area is 181 Å². The molecule has 28 heavy (non-hydrogen) atoms. The average Bonchev–Trinajstić information content (AvgIpc) is 3.22. The number of halogens is 2. The first-order valence-corrected chi connectivity index (χ1v) is 10.8. The van der Waals surface area contributed by atoms with E-state index in [1.54, 1.807) is 24.3 Å². The Bertz CT molecular complexity index is 976. The Balaban J connectivity index is 1.58. The zero-order valence-corrected chi connectivity index (χ0v) is 17.9. The molecule has 2 N–H and O–H groups in total. The summed E-state index contributed by atoms with van der Waals surface area (Å²) in [5.41, 5.74) is 1.18. The van der Waals surface area contributed by atoms with Crippen molar-refractivity contribution in [1.82, 2.24) is 0 Å². The molecule has 1 unspecified atom stereocenters. The second kappa shape index (κ2) is 9.47. The Hall–Kier alpha value is -1.99. The summed E-state index contributed by atoms with van der Waals surface area (Å²) in [4.78, 5) is 26.1. The van der Waals surface area contributed by atoms with Gasteiger partial charge in [-0.2, -0.15) is 0 Å². The molecule has 2 aromatic carbocycles. The lowest BCUT2D eigenvalue weighted by Crippen LogP contribution is -2.22. The van der Waals surface area contributed by atoms with E-state index in [-0.39, 0.29) is 17.1 Å². The van der Waals surface area contributed by atoms with Gasteiger partial charge in [0.05, 0.1) is 25.9 Å². The van der Waals surface area contributed by atoms with Crippen molar-refractivity contribution < 1.29 is 9.59 Å². The Kier molecular flexibility index (Phi) is 7.02. The number of anilines is 2. The van der Waals surface area contributed by atoms with Gasteiger partial charge in [-0.3, -0.25) is 9.59 Å². The summed E-state index contributed by atoms with van der Waals surface area (Å²) in [5, 5.41) is 7.86. The van der Waals surface area contributed by atoms with Gasteiger partial charge < -0.3 is 10.6 Å². The van der Waals surface area contributed by atoms with E-state index in [0.717, 1.165) is 4.90 Å². The van der Waals surface area contributed by atoms with Gasteiger partial charge in [0.25, 0.3) is 5.91 Å². The molecule has 0 bridgehead atoms. The number of hydrogen-bond acceptors (Lipinski definition) is 4. The molecular weight excluding hydrogens is 435 g/mol. The van der Waals surface area contributed by atoms with Crippen LogP contribution in [0.4, 0.5) is 11.4 Å². The first kappa shape index (κ1) is 20.7. The average molecular weight is 451 g/mol. The first-order valence-electron chi connectivity index (χ1n) is 8.30. The third kappa shape index (κ3) is 5.29. The predicted molar refractivity (Wildman–Crippen MR) is 119 cm³/mol. The maximum Gasteiger partial charge on any atom is 0.265 e. The van der Waals surface area contributed by atoms with Gasteiger partial charge in [-0.25, -0.2) is 0 Å². The molecule has 1 heterocycles. The van der Waals surface area contributed by atoms with E-state index in [9.17, 15) is 9.59 Å². The molecule has 0 aliphatic rings. The molecule has 0 aliphatic carbocycles. The second-order valence-electron chi connectivity index (χ2n) is 5.81. The quantitative estimate of drug-likeness (QED) is 0.425. The SMILES string of the molecule is CC(Sc1ccc(NC(=O)c2cccs2)cc1)C(=O)Nc1cccc(Cl)c1Cl. The molecule has 0 aliphatic heterocycles. The number of carbonyl (C=O) groups excluding carboxylic acids is 2. The van der Waals surface area contributed by atoms with E-state index >= 15 is 0 Å². The van der Waals surface area contributed by atoms with Crippen molar-refractivity contribution in [3.05, 3.63) is 74.9 Å². The van der Waals surface area contributed by atoms with Gasteiger partial charge in [0.2, 0.25) is 5.91 Å². The largest absolute Gasteiger partial charge is 0.324 e. The van der Waals surface area contributed by atoms with Crippen LogP contribution in [0.5, 0.6) is 0 Å². The van der Waals surface area contributed by atoms with Crippen LogP contribution in [0.3, 0.4) is 0 Å². The third-order valence-corrected chi connectivity index (χ3v) is 6.55. The molecular formula is C20H16Cl2N2O2S2. The lowest BCUT2D eigenvalue weighted by molar-refractivity contribution is -0.115. The summed E-state index contributed by atoms with van der Waals surface area (Å²) < 4.78 is 0. The van der Waals surface area contributed by atoms with E-state index in [4.69, 9.17) is 23.2 Å². The van der Waals surface area contributed by atoms with Gasteiger partial charge in [-0.05, 0) is 54.8 Å². The van der Waals surface area contributed by atoms with Gasteiger partial charge in [-0.15, -0.1) is 23.1 Å². The van der Waals surface area contributed by atoms with Crippen LogP contribution < -0.4 is 10.6 Å². The van der Waals surface area contributed by atoms with Crippen molar-refractivity contribution in [2.24, 2.45) is 0 Å². The number of thioether (sulfide) groups is 1. The topological polar surface area (TPSA) is 58.2 Å². The smallest absolute Gasteiger partial charge is 0.265 e. The van der Waals surface area contributed by atoms with Crippen LogP contribution in [-0.4, -0.2) is 17.1 Å². The highest BCUT2D eigenvalue weighted by molar-refractivity contribution is 8.00. The lowest BCUT2D eigenvalue weighted by atomic mass is 10.3. The molecule has 0 radical (unpaired) electrons. The monoisotopic (exact) mass is 450 g/mol. The third-order valence-electron chi connectivity index (χ3n) is 3.75. The minimum atomic E-state index is -0.346. The molecule has 0 spiro atoms. The van der Waals surface area contributed by atoms with Gasteiger partial charge >= 0.3 is 0 Å². The molecule has 0 fully saturated rings. The number of nitrogens with one attached hydrogen (secondary N) is 2. The molecule has 144 valence electrons. The van der Waals surface area contributed by atoms with Gasteiger partial charge in [0, 0.05) is 10.6 Å². The highest BCUT2D eigenvalue weighted by Gasteiger charge is 2.16. The van der Waals surface area contributed by atoms with Crippen LogP contribution in [0.1, 0.15) is 16.6 Å². The highest BCUT2D eigenvalue weighted by atomic mass is 35.5. The summed E-state index contributed by atoms with van der Waals surface area (Å²) in [6, 6.07) is 16.1. The Morgan fingerprint density at radius 3 is 2.43 bits per heavy atom. The minimum Gasteiger partial charge on any atom is -0.324 e. The normalized spacial score (nSPS) is 11.7. The van der Waals surface area contributed by atoms with Crippen molar-refractivity contribution >= 4 is 69.5 Å². The van der Waals surface area contributed by atoms with Crippen LogP contribution in [-0.2, 0) is 4.79 Å². The summed E-state index contributed by atoms with van der Waals surface area (Å²) >= 11 is 14.9. The Morgan fingerprint density at radius 2 is 1.75 bits per heavy atom.